The molecule has 1 nitrogen and oxygen atoms in total. The van der Waals surface area contributed by atoms with E-state index < -0.39 is 0 Å². The summed E-state index contributed by atoms with van der Waals surface area (Å²) in [7, 11) is 0. The monoisotopic (exact) mass is 245 g/mol. The molecule has 1 aromatic rings. The third-order valence-electron chi connectivity index (χ3n) is 1.42. The van der Waals surface area contributed by atoms with E-state index in [2.05, 4.69) is 44.8 Å². The minimum Gasteiger partial charge on any atom is -0.308 e. The van der Waals surface area contributed by atoms with E-state index in [1.807, 2.05) is 6.92 Å². The van der Waals surface area contributed by atoms with Crippen molar-refractivity contribution < 1.29 is 0 Å². The van der Waals surface area contributed by atoms with Crippen molar-refractivity contribution in [3.8, 4) is 0 Å². The first-order valence-corrected chi connectivity index (χ1v) is 5.55. The summed E-state index contributed by atoms with van der Waals surface area (Å²) < 4.78 is 1.18. The fraction of sp³-hybridized carbons (Fsp3) is 0.333. The number of halogens is 1. The number of allylic oxidation sites excluding steroid dienone is 1. The van der Waals surface area contributed by atoms with Crippen LogP contribution in [0.2, 0.25) is 0 Å². The maximum Gasteiger partial charge on any atom is 0.0303 e. The largest absolute Gasteiger partial charge is 0.308 e. The molecule has 0 aromatic carbocycles. The molecule has 0 unspecified atom stereocenters. The van der Waals surface area contributed by atoms with Crippen molar-refractivity contribution in [1.29, 1.82) is 0 Å². The van der Waals surface area contributed by atoms with Gasteiger partial charge in [0.25, 0.3) is 0 Å². The van der Waals surface area contributed by atoms with Crippen molar-refractivity contribution in [3.05, 3.63) is 32.9 Å². The van der Waals surface area contributed by atoms with E-state index in [9.17, 15) is 0 Å². The number of hydrogen-bond acceptors (Lipinski definition) is 2. The maximum atomic E-state index is 3.42. The zero-order valence-electron chi connectivity index (χ0n) is 7.01. The van der Waals surface area contributed by atoms with Crippen molar-refractivity contribution in [2.24, 2.45) is 0 Å². The highest BCUT2D eigenvalue weighted by molar-refractivity contribution is 9.10. The molecule has 3 heteroatoms. The molecule has 0 aliphatic rings. The Hall–Kier alpha value is -0.120. The third-order valence-corrected chi connectivity index (χ3v) is 3.12. The van der Waals surface area contributed by atoms with E-state index in [-0.39, 0.29) is 0 Å². The van der Waals surface area contributed by atoms with Crippen LogP contribution in [0.1, 0.15) is 11.8 Å². The highest BCUT2D eigenvalue weighted by Gasteiger charge is 1.94. The van der Waals surface area contributed by atoms with Gasteiger partial charge in [0.1, 0.15) is 0 Å². The van der Waals surface area contributed by atoms with Gasteiger partial charge < -0.3 is 5.32 Å². The summed E-state index contributed by atoms with van der Waals surface area (Å²) in [5.74, 6) is 0. The van der Waals surface area contributed by atoms with Gasteiger partial charge in [-0.1, -0.05) is 12.2 Å². The molecule has 0 radical (unpaired) electrons. The molecule has 0 aliphatic carbocycles. The molecule has 1 aromatic heterocycles. The van der Waals surface area contributed by atoms with Crippen molar-refractivity contribution in [1.82, 2.24) is 5.32 Å². The summed E-state index contributed by atoms with van der Waals surface area (Å²) in [6, 6.07) is 2.15. The minimum absolute atomic E-state index is 0.950. The average molecular weight is 246 g/mol. The molecule has 0 bridgehead atoms. The van der Waals surface area contributed by atoms with Crippen molar-refractivity contribution >= 4 is 27.3 Å². The third kappa shape index (κ3) is 3.52. The van der Waals surface area contributed by atoms with E-state index in [4.69, 9.17) is 0 Å². The Labute approximate surface area is 85.6 Å². The number of rotatable bonds is 4. The number of nitrogens with one attached hydrogen (secondary N) is 1. The molecule has 0 saturated heterocycles. The second-order valence-corrected chi connectivity index (χ2v) is 4.34. The molecule has 0 fully saturated rings. The van der Waals surface area contributed by atoms with E-state index in [1.165, 1.54) is 9.35 Å². The Bertz CT molecular complexity index is 255. The molecule has 1 rings (SSSR count). The lowest BCUT2D eigenvalue weighted by atomic mass is 10.4. The predicted octanol–water partition coefficient (Wildman–Crippen LogP) is 3.18. The van der Waals surface area contributed by atoms with Gasteiger partial charge in [-0.25, -0.2) is 0 Å². The van der Waals surface area contributed by atoms with Crippen LogP contribution in [0.5, 0.6) is 0 Å². The average Bonchev–Trinajstić information content (AvgIpc) is 2.45. The molecule has 12 heavy (non-hydrogen) atoms. The standard InChI is InChI=1S/C9H12BrNS/c1-2-3-4-11-6-9-5-8(10)7-12-9/h2-3,5,7,11H,4,6H2,1H3/b3-2+. The second kappa shape index (κ2) is 5.51. The number of thiophene rings is 1. The molecule has 0 aliphatic heterocycles. The summed E-state index contributed by atoms with van der Waals surface area (Å²) in [5.41, 5.74) is 0. The summed E-state index contributed by atoms with van der Waals surface area (Å²) in [6.45, 7) is 3.94. The Morgan fingerprint density at radius 3 is 3.08 bits per heavy atom. The van der Waals surface area contributed by atoms with Crippen molar-refractivity contribution in [2.75, 3.05) is 6.54 Å². The van der Waals surface area contributed by atoms with Crippen LogP contribution in [0.3, 0.4) is 0 Å². The van der Waals surface area contributed by atoms with Crippen LogP contribution in [0, 0.1) is 0 Å². The van der Waals surface area contributed by atoms with Gasteiger partial charge in [-0.05, 0) is 28.9 Å². The Morgan fingerprint density at radius 1 is 1.67 bits per heavy atom. The Balaban J connectivity index is 2.24. The molecule has 0 atom stereocenters. The van der Waals surface area contributed by atoms with Gasteiger partial charge in [0.05, 0.1) is 0 Å². The molecule has 1 N–H and O–H groups in total. The molecule has 0 saturated carbocycles. The van der Waals surface area contributed by atoms with Crippen molar-refractivity contribution in [3.63, 3.8) is 0 Å². The van der Waals surface area contributed by atoms with Crippen LogP contribution < -0.4 is 5.32 Å². The first-order valence-electron chi connectivity index (χ1n) is 3.87. The molecule has 66 valence electrons. The first kappa shape index (κ1) is 9.96. The van der Waals surface area contributed by atoms with Gasteiger partial charge in [0, 0.05) is 27.8 Å². The lowest BCUT2D eigenvalue weighted by Gasteiger charge is -1.96. The van der Waals surface area contributed by atoms with E-state index in [0.717, 1.165) is 13.1 Å². The lowest BCUT2D eigenvalue weighted by Crippen LogP contribution is -2.11. The summed E-state index contributed by atoms with van der Waals surface area (Å²) >= 11 is 5.20. The fourth-order valence-electron chi connectivity index (χ4n) is 0.843. The van der Waals surface area contributed by atoms with Gasteiger partial charge in [-0.3, -0.25) is 0 Å². The van der Waals surface area contributed by atoms with E-state index >= 15 is 0 Å². The van der Waals surface area contributed by atoms with Gasteiger partial charge in [-0.2, -0.15) is 0 Å². The van der Waals surface area contributed by atoms with Gasteiger partial charge in [0.15, 0.2) is 0 Å². The van der Waals surface area contributed by atoms with Crippen LogP contribution in [0.4, 0.5) is 0 Å². The second-order valence-electron chi connectivity index (χ2n) is 2.43. The Kier molecular flexibility index (Phi) is 4.58. The van der Waals surface area contributed by atoms with Gasteiger partial charge in [-0.15, -0.1) is 11.3 Å². The molecule has 0 spiro atoms. The van der Waals surface area contributed by atoms with Gasteiger partial charge in [0.2, 0.25) is 0 Å². The highest BCUT2D eigenvalue weighted by atomic mass is 79.9. The zero-order valence-corrected chi connectivity index (χ0v) is 9.41. The molecule has 0 amide bonds. The lowest BCUT2D eigenvalue weighted by molar-refractivity contribution is 0.769. The zero-order chi connectivity index (χ0) is 8.81. The summed E-state index contributed by atoms with van der Waals surface area (Å²) in [4.78, 5) is 1.37. The quantitative estimate of drug-likeness (QED) is 0.635. The predicted molar refractivity (Wildman–Crippen MR) is 58.5 cm³/mol. The fourth-order valence-corrected chi connectivity index (χ4v) is 2.26. The van der Waals surface area contributed by atoms with Crippen LogP contribution >= 0.6 is 27.3 Å². The maximum absolute atomic E-state index is 3.42. The smallest absolute Gasteiger partial charge is 0.0303 e. The number of hydrogen-bond donors (Lipinski definition) is 1. The highest BCUT2D eigenvalue weighted by Crippen LogP contribution is 2.19. The van der Waals surface area contributed by atoms with E-state index in [1.54, 1.807) is 11.3 Å². The van der Waals surface area contributed by atoms with Crippen LogP contribution in [-0.4, -0.2) is 6.54 Å². The topological polar surface area (TPSA) is 12.0 Å². The first-order chi connectivity index (χ1) is 5.83. The molecular weight excluding hydrogens is 234 g/mol. The van der Waals surface area contributed by atoms with Crippen molar-refractivity contribution in [2.45, 2.75) is 13.5 Å². The normalized spacial score (nSPS) is 11.2. The molecular formula is C9H12BrNS. The Morgan fingerprint density at radius 2 is 2.50 bits per heavy atom. The minimum atomic E-state index is 0.950. The van der Waals surface area contributed by atoms with E-state index in [0.29, 0.717) is 0 Å². The summed E-state index contributed by atoms with van der Waals surface area (Å²) in [6.07, 6.45) is 4.17. The van der Waals surface area contributed by atoms with Gasteiger partial charge >= 0.3 is 0 Å². The SMILES string of the molecule is C/C=C/CNCc1cc(Br)cs1. The summed E-state index contributed by atoms with van der Waals surface area (Å²) in [5, 5.41) is 5.42. The van der Waals surface area contributed by atoms with Crippen LogP contribution in [0.25, 0.3) is 0 Å². The van der Waals surface area contributed by atoms with Crippen LogP contribution in [-0.2, 0) is 6.54 Å². The van der Waals surface area contributed by atoms with Crippen LogP contribution in [0.15, 0.2) is 28.1 Å². The molecule has 1 heterocycles.